The molecule has 1 aliphatic carbocycles. The molecule has 2 aliphatic rings. The molecule has 0 saturated carbocycles. The molecule has 1 fully saturated rings. The molecule has 0 spiro atoms. The second kappa shape index (κ2) is 10.5. The zero-order chi connectivity index (χ0) is 13.5. The second-order valence-corrected chi connectivity index (χ2v) is 10.5. The van der Waals surface area contributed by atoms with Crippen molar-refractivity contribution in [3.05, 3.63) is 52.8 Å². The summed E-state index contributed by atoms with van der Waals surface area (Å²) in [5, 5.41) is 3.44. The molecule has 1 aromatic rings. The van der Waals surface area contributed by atoms with Gasteiger partial charge in [0.1, 0.15) is 0 Å². The van der Waals surface area contributed by atoms with Gasteiger partial charge in [0.05, 0.1) is 8.07 Å². The predicted molar refractivity (Wildman–Crippen MR) is 85.0 cm³/mol. The molecule has 0 radical (unpaired) electrons. The maximum atomic E-state index is 3.67. The number of benzene rings is 1. The predicted octanol–water partition coefficient (Wildman–Crippen LogP) is -4.60. The van der Waals surface area contributed by atoms with Crippen LogP contribution in [0, 0.1) is 12.0 Å². The van der Waals surface area contributed by atoms with Crippen molar-refractivity contribution in [1.82, 2.24) is 0 Å². The molecule has 124 valence electrons. The molecule has 1 unspecified atom stereocenters. The number of rotatable bonds is 2. The van der Waals surface area contributed by atoms with Crippen molar-refractivity contribution in [1.29, 1.82) is 0 Å². The van der Waals surface area contributed by atoms with Crippen LogP contribution in [0.4, 0.5) is 0 Å². The Morgan fingerprint density at radius 3 is 1.91 bits per heavy atom. The van der Waals surface area contributed by atoms with Gasteiger partial charge in [-0.05, 0) is 0 Å². The van der Waals surface area contributed by atoms with Gasteiger partial charge in [0.15, 0.2) is 0 Å². The molecule has 1 heterocycles. The topological polar surface area (TPSA) is 0 Å². The molecular formula is C18H23Cl3SiTi. The van der Waals surface area contributed by atoms with Gasteiger partial charge in [-0.15, -0.1) is 6.92 Å². The number of halogens is 3. The Kier molecular flexibility index (Phi) is 11.7. The molecule has 5 heteroatoms. The molecule has 0 aromatic heterocycles. The Morgan fingerprint density at radius 2 is 1.48 bits per heavy atom. The maximum Gasteiger partial charge on any atom is 4.00 e. The quantitative estimate of drug-likeness (QED) is 0.333. The van der Waals surface area contributed by atoms with Gasteiger partial charge < -0.3 is 37.2 Å². The van der Waals surface area contributed by atoms with E-state index in [1.807, 2.05) is 0 Å². The van der Waals surface area contributed by atoms with Gasteiger partial charge in [0.2, 0.25) is 0 Å². The Hall–Kier alpha value is 0.501. The summed E-state index contributed by atoms with van der Waals surface area (Å²) in [5.74, 6) is 0.546. The molecule has 0 nitrogen and oxygen atoms in total. The van der Waals surface area contributed by atoms with Crippen LogP contribution in [0.5, 0.6) is 0 Å². The minimum atomic E-state index is -1.45. The summed E-state index contributed by atoms with van der Waals surface area (Å²) in [6.07, 6.45) is 6.51. The number of hydrogen-bond donors (Lipinski definition) is 0. The average Bonchev–Trinajstić information content (AvgIpc) is 2.98. The van der Waals surface area contributed by atoms with Crippen LogP contribution in [-0.4, -0.2) is 8.07 Å². The van der Waals surface area contributed by atoms with E-state index in [4.69, 9.17) is 0 Å². The van der Waals surface area contributed by atoms with E-state index in [1.54, 1.807) is 16.0 Å². The van der Waals surface area contributed by atoms with Crippen molar-refractivity contribution >= 4 is 13.3 Å². The minimum absolute atomic E-state index is 0. The SMILES string of the molecule is CC1=[C-]C(C)C([Si]2(c3ccccc3)CCCC2)=C1C.[Cl-].[Cl-].[Cl-].[Ti+4]. The van der Waals surface area contributed by atoms with Gasteiger partial charge in [-0.25, -0.2) is 11.1 Å². The largest absolute Gasteiger partial charge is 4.00 e. The summed E-state index contributed by atoms with van der Waals surface area (Å²) in [4.78, 5) is 0. The second-order valence-electron chi connectivity index (χ2n) is 6.18. The Bertz CT molecular complexity index is 549. The summed E-state index contributed by atoms with van der Waals surface area (Å²) in [6.45, 7) is 6.92. The summed E-state index contributed by atoms with van der Waals surface area (Å²) >= 11 is 0. The van der Waals surface area contributed by atoms with E-state index in [2.05, 4.69) is 57.2 Å². The van der Waals surface area contributed by atoms with E-state index < -0.39 is 8.07 Å². The third kappa shape index (κ3) is 4.57. The molecule has 0 bridgehead atoms. The summed E-state index contributed by atoms with van der Waals surface area (Å²) in [7, 11) is -1.45. The van der Waals surface area contributed by atoms with Gasteiger partial charge in [0, 0.05) is 0 Å². The standard InChI is InChI=1S/C18H23Si.3ClH.Ti/c1-14-13-15(2)18(16(14)3)19(11-7-8-12-19)17-9-5-4-6-10-17;;;;/h4-6,9-10,15H,7-8,11-12H2,1-3H3;3*1H;/q-1;;;;+4/p-3. The minimum Gasteiger partial charge on any atom is -1.00 e. The zero-order valence-electron chi connectivity index (χ0n) is 13.9. The number of hydrogen-bond acceptors (Lipinski definition) is 0. The normalized spacial score (nSPS) is 21.3. The third-order valence-electron chi connectivity index (χ3n) is 5.13. The van der Waals surface area contributed by atoms with Gasteiger partial charge in [-0.2, -0.15) is 5.20 Å². The fourth-order valence-corrected chi connectivity index (χ4v) is 10.3. The zero-order valence-corrected chi connectivity index (χ0v) is 18.8. The number of allylic oxidation sites excluding steroid dienone is 4. The van der Waals surface area contributed by atoms with Crippen LogP contribution < -0.4 is 42.4 Å². The molecule has 1 atom stereocenters. The first-order chi connectivity index (χ1) is 9.15. The smallest absolute Gasteiger partial charge is 1.00 e. The molecule has 0 N–H and O–H groups in total. The molecule has 3 rings (SSSR count). The van der Waals surface area contributed by atoms with Crippen molar-refractivity contribution in [3.63, 3.8) is 0 Å². The van der Waals surface area contributed by atoms with Crippen molar-refractivity contribution in [3.8, 4) is 0 Å². The van der Waals surface area contributed by atoms with Gasteiger partial charge in [-0.3, -0.25) is 6.08 Å². The van der Waals surface area contributed by atoms with E-state index in [0.717, 1.165) is 0 Å². The van der Waals surface area contributed by atoms with E-state index in [0.29, 0.717) is 5.92 Å². The molecular weight excluding hydrogens is 399 g/mol. The molecule has 1 aliphatic heterocycles. The maximum absolute atomic E-state index is 3.67. The first-order valence-corrected chi connectivity index (χ1v) is 9.94. The van der Waals surface area contributed by atoms with Crippen molar-refractivity contribution < 1.29 is 58.9 Å². The molecule has 0 amide bonds. The summed E-state index contributed by atoms with van der Waals surface area (Å²) in [6, 6.07) is 14.3. The van der Waals surface area contributed by atoms with Crippen LogP contribution in [0.15, 0.2) is 46.7 Å². The van der Waals surface area contributed by atoms with Crippen molar-refractivity contribution in [2.75, 3.05) is 0 Å². The van der Waals surface area contributed by atoms with E-state index >= 15 is 0 Å². The van der Waals surface area contributed by atoms with Crippen LogP contribution in [0.25, 0.3) is 0 Å². The average molecular weight is 422 g/mol. The first kappa shape index (κ1) is 25.7. The van der Waals surface area contributed by atoms with Crippen LogP contribution >= 0.6 is 0 Å². The summed E-state index contributed by atoms with van der Waals surface area (Å²) in [5.41, 5.74) is 2.96. The molecule has 1 saturated heterocycles. The van der Waals surface area contributed by atoms with Crippen LogP contribution in [0.1, 0.15) is 33.6 Å². The Balaban J connectivity index is 0. The van der Waals surface area contributed by atoms with Crippen LogP contribution in [-0.2, 0) is 21.7 Å². The Labute approximate surface area is 175 Å². The van der Waals surface area contributed by atoms with Crippen LogP contribution in [0.3, 0.4) is 0 Å². The monoisotopic (exact) mass is 420 g/mol. The van der Waals surface area contributed by atoms with E-state index in [1.165, 1.54) is 30.5 Å². The fraction of sp³-hybridized carbons (Fsp3) is 0.444. The van der Waals surface area contributed by atoms with E-state index in [9.17, 15) is 0 Å². The van der Waals surface area contributed by atoms with Crippen LogP contribution in [0.2, 0.25) is 12.1 Å². The summed E-state index contributed by atoms with van der Waals surface area (Å²) < 4.78 is 0. The van der Waals surface area contributed by atoms with Gasteiger partial charge in [-0.1, -0.05) is 80.2 Å². The Morgan fingerprint density at radius 1 is 0.957 bits per heavy atom. The third-order valence-corrected chi connectivity index (χ3v) is 10.8. The fourth-order valence-electron chi connectivity index (χ4n) is 4.25. The van der Waals surface area contributed by atoms with Gasteiger partial charge in [0.25, 0.3) is 0 Å². The van der Waals surface area contributed by atoms with Gasteiger partial charge >= 0.3 is 21.7 Å². The first-order valence-electron chi connectivity index (χ1n) is 7.52. The van der Waals surface area contributed by atoms with Crippen molar-refractivity contribution in [2.45, 2.75) is 45.7 Å². The van der Waals surface area contributed by atoms with E-state index in [-0.39, 0.29) is 58.9 Å². The van der Waals surface area contributed by atoms with Crippen molar-refractivity contribution in [2.24, 2.45) is 5.92 Å². The molecule has 1 aromatic carbocycles. The molecule has 23 heavy (non-hydrogen) atoms.